The zero-order chi connectivity index (χ0) is 18.6. The molecule has 2 amide bonds. The van der Waals surface area contributed by atoms with E-state index in [2.05, 4.69) is 22.9 Å². The average molecular weight is 396 g/mol. The van der Waals surface area contributed by atoms with Crippen molar-refractivity contribution in [2.75, 3.05) is 31.6 Å². The summed E-state index contributed by atoms with van der Waals surface area (Å²) in [7, 11) is 0. The second-order valence-electron chi connectivity index (χ2n) is 7.52. The Morgan fingerprint density at radius 2 is 1.96 bits per heavy atom. The number of carbonyl (C=O) groups is 2. The summed E-state index contributed by atoms with van der Waals surface area (Å²) in [5, 5.41) is 9.17. The Labute approximate surface area is 167 Å². The molecule has 6 nitrogen and oxygen atoms in total. The second-order valence-corrected chi connectivity index (χ2v) is 7.52. The molecule has 2 aliphatic rings. The molecule has 0 spiro atoms. The van der Waals surface area contributed by atoms with E-state index in [9.17, 15) is 9.59 Å². The van der Waals surface area contributed by atoms with E-state index in [4.69, 9.17) is 4.74 Å². The molecule has 2 fully saturated rings. The molecule has 0 aromatic heterocycles. The van der Waals surface area contributed by atoms with E-state index in [-0.39, 0.29) is 24.2 Å². The maximum Gasteiger partial charge on any atom is 0.250 e. The van der Waals surface area contributed by atoms with Gasteiger partial charge in [-0.1, -0.05) is 18.9 Å². The van der Waals surface area contributed by atoms with Gasteiger partial charge in [0, 0.05) is 25.3 Å². The van der Waals surface area contributed by atoms with Gasteiger partial charge in [-0.25, -0.2) is 0 Å². The molecule has 0 bridgehead atoms. The number of anilines is 1. The van der Waals surface area contributed by atoms with Crippen molar-refractivity contribution in [1.82, 2.24) is 10.6 Å². The number of carbonyl (C=O) groups excluding carboxylic acids is 2. The molecule has 1 aliphatic heterocycles. The number of halogens is 1. The minimum atomic E-state index is -0.531. The number of benzene rings is 1. The highest BCUT2D eigenvalue weighted by Gasteiger charge is 2.41. The van der Waals surface area contributed by atoms with Crippen LogP contribution in [0.4, 0.5) is 5.69 Å². The highest BCUT2D eigenvalue weighted by Crippen LogP contribution is 2.38. The Kier molecular flexibility index (Phi) is 7.65. The van der Waals surface area contributed by atoms with Gasteiger partial charge in [0.2, 0.25) is 11.8 Å². The van der Waals surface area contributed by atoms with Crippen LogP contribution in [0.1, 0.15) is 36.8 Å². The lowest BCUT2D eigenvalue weighted by Gasteiger charge is -2.30. The number of hydrogen-bond acceptors (Lipinski definition) is 4. The van der Waals surface area contributed by atoms with Gasteiger partial charge in [0.1, 0.15) is 6.10 Å². The third kappa shape index (κ3) is 5.21. The summed E-state index contributed by atoms with van der Waals surface area (Å²) in [6.45, 7) is 6.28. The van der Waals surface area contributed by atoms with Crippen LogP contribution in [0.3, 0.4) is 0 Å². The molecule has 27 heavy (non-hydrogen) atoms. The molecule has 1 aromatic rings. The molecule has 1 unspecified atom stereocenters. The monoisotopic (exact) mass is 395 g/mol. The molecule has 150 valence electrons. The number of nitrogens with one attached hydrogen (secondary N) is 3. The minimum absolute atomic E-state index is 0. The first-order chi connectivity index (χ1) is 12.5. The Hall–Kier alpha value is -1.63. The fourth-order valence-electron chi connectivity index (χ4n) is 3.72. The van der Waals surface area contributed by atoms with Gasteiger partial charge in [0.25, 0.3) is 0 Å². The van der Waals surface area contributed by atoms with Gasteiger partial charge in [0.05, 0.1) is 12.0 Å². The van der Waals surface area contributed by atoms with Crippen molar-refractivity contribution < 1.29 is 14.3 Å². The molecule has 1 aromatic carbocycles. The largest absolute Gasteiger partial charge is 0.366 e. The van der Waals surface area contributed by atoms with Crippen molar-refractivity contribution in [1.29, 1.82) is 0 Å². The van der Waals surface area contributed by atoms with E-state index < -0.39 is 11.5 Å². The molecule has 1 heterocycles. The molecular weight excluding hydrogens is 366 g/mol. The van der Waals surface area contributed by atoms with Crippen LogP contribution in [-0.4, -0.2) is 44.2 Å². The topological polar surface area (TPSA) is 79.5 Å². The molecule has 1 aliphatic carbocycles. The van der Waals surface area contributed by atoms with Crippen molar-refractivity contribution >= 4 is 29.9 Å². The van der Waals surface area contributed by atoms with Crippen molar-refractivity contribution in [2.45, 2.75) is 45.6 Å². The predicted molar refractivity (Wildman–Crippen MR) is 108 cm³/mol. The molecular formula is C20H30ClN3O3. The summed E-state index contributed by atoms with van der Waals surface area (Å²) in [4.78, 5) is 25.4. The maximum atomic E-state index is 13.0. The van der Waals surface area contributed by atoms with E-state index in [1.54, 1.807) is 0 Å². The highest BCUT2D eigenvalue weighted by molar-refractivity contribution is 5.96. The molecule has 7 heteroatoms. The van der Waals surface area contributed by atoms with Crippen LogP contribution < -0.4 is 16.0 Å². The fraction of sp³-hybridized carbons (Fsp3) is 0.600. The van der Waals surface area contributed by atoms with Crippen LogP contribution >= 0.6 is 12.4 Å². The Morgan fingerprint density at radius 3 is 2.59 bits per heavy atom. The lowest BCUT2D eigenvalue weighted by molar-refractivity contribution is -0.135. The van der Waals surface area contributed by atoms with Crippen molar-refractivity contribution in [3.05, 3.63) is 29.3 Å². The fourth-order valence-corrected chi connectivity index (χ4v) is 3.72. The maximum absolute atomic E-state index is 13.0. The predicted octanol–water partition coefficient (Wildman–Crippen LogP) is 2.33. The van der Waals surface area contributed by atoms with E-state index in [1.165, 1.54) is 5.56 Å². The zero-order valence-corrected chi connectivity index (χ0v) is 16.9. The van der Waals surface area contributed by atoms with Gasteiger partial charge in [-0.2, -0.15) is 0 Å². The number of hydrogen-bond donors (Lipinski definition) is 3. The number of morpholine rings is 1. The highest BCUT2D eigenvalue weighted by atomic mass is 35.5. The number of amides is 2. The van der Waals surface area contributed by atoms with Gasteiger partial charge in [-0.05, 0) is 49.9 Å². The first kappa shape index (κ1) is 21.7. The Bertz CT molecular complexity index is 668. The minimum Gasteiger partial charge on any atom is -0.366 e. The van der Waals surface area contributed by atoms with Crippen LogP contribution in [0.5, 0.6) is 0 Å². The smallest absolute Gasteiger partial charge is 0.250 e. The zero-order valence-electron chi connectivity index (χ0n) is 16.1. The molecule has 3 rings (SSSR count). The number of rotatable bonds is 5. The van der Waals surface area contributed by atoms with Crippen molar-refractivity contribution in [3.8, 4) is 0 Å². The lowest BCUT2D eigenvalue weighted by atomic mass is 9.84. The first-order valence-electron chi connectivity index (χ1n) is 9.49. The van der Waals surface area contributed by atoms with Gasteiger partial charge in [-0.3, -0.25) is 9.59 Å². The normalized spacial score (nSPS) is 21.2. The Morgan fingerprint density at radius 1 is 1.22 bits per heavy atom. The van der Waals surface area contributed by atoms with Gasteiger partial charge in [0.15, 0.2) is 0 Å². The van der Waals surface area contributed by atoms with Crippen molar-refractivity contribution in [3.63, 3.8) is 0 Å². The molecule has 3 N–H and O–H groups in total. The van der Waals surface area contributed by atoms with Gasteiger partial charge in [-0.15, -0.1) is 12.4 Å². The molecule has 1 saturated heterocycles. The second kappa shape index (κ2) is 9.53. The number of ether oxygens (including phenoxy) is 1. The molecule has 0 radical (unpaired) electrons. The third-order valence-corrected chi connectivity index (χ3v) is 5.63. The van der Waals surface area contributed by atoms with E-state index in [0.29, 0.717) is 19.7 Å². The van der Waals surface area contributed by atoms with E-state index in [1.807, 2.05) is 25.1 Å². The summed E-state index contributed by atoms with van der Waals surface area (Å²) in [5.74, 6) is -0.135. The summed E-state index contributed by atoms with van der Waals surface area (Å²) in [6.07, 6.45) is 3.15. The van der Waals surface area contributed by atoms with Crippen LogP contribution in [0.25, 0.3) is 0 Å². The Balaban J connectivity index is 0.00000261. The molecule has 1 atom stereocenters. The van der Waals surface area contributed by atoms with Crippen LogP contribution in [0.15, 0.2) is 18.2 Å². The van der Waals surface area contributed by atoms with Crippen molar-refractivity contribution in [2.24, 2.45) is 5.41 Å². The summed E-state index contributed by atoms with van der Waals surface area (Å²) in [6, 6.07) is 5.94. The molecule has 1 saturated carbocycles. The van der Waals surface area contributed by atoms with Crippen LogP contribution in [0, 0.1) is 19.3 Å². The third-order valence-electron chi connectivity index (χ3n) is 5.63. The van der Waals surface area contributed by atoms with Crippen LogP contribution in [-0.2, 0) is 14.3 Å². The van der Waals surface area contributed by atoms with Crippen LogP contribution in [0.2, 0.25) is 0 Å². The lowest BCUT2D eigenvalue weighted by Crippen LogP contribution is -2.51. The van der Waals surface area contributed by atoms with Gasteiger partial charge >= 0.3 is 0 Å². The summed E-state index contributed by atoms with van der Waals surface area (Å²) >= 11 is 0. The van der Waals surface area contributed by atoms with E-state index >= 15 is 0 Å². The average Bonchev–Trinajstić information content (AvgIpc) is 3.14. The SMILES string of the molecule is Cc1ccc(NC(=O)C2(CNC(=O)C3CNCCO3)CCCC2)cc1C.Cl. The quantitative estimate of drug-likeness (QED) is 0.714. The summed E-state index contributed by atoms with van der Waals surface area (Å²) < 4.78 is 5.49. The van der Waals surface area contributed by atoms with E-state index in [0.717, 1.165) is 43.5 Å². The van der Waals surface area contributed by atoms with Gasteiger partial charge < -0.3 is 20.7 Å². The first-order valence-corrected chi connectivity index (χ1v) is 9.49. The standard InChI is InChI=1S/C20H29N3O3.ClH/c1-14-5-6-16(11-15(14)2)23-19(25)20(7-3-4-8-20)13-22-18(24)17-12-21-9-10-26-17;/h5-6,11,17,21H,3-4,7-10,12-13H2,1-2H3,(H,22,24)(H,23,25);1H. The number of aryl methyl sites for hydroxylation is 2. The summed E-state index contributed by atoms with van der Waals surface area (Å²) in [5.41, 5.74) is 2.64.